The lowest BCUT2D eigenvalue weighted by molar-refractivity contribution is -0.114. The number of benzene rings is 2. The van der Waals surface area contributed by atoms with Crippen molar-refractivity contribution in [2.45, 2.75) is 11.8 Å². The Balaban J connectivity index is 1.73. The molecule has 0 saturated heterocycles. The fourth-order valence-electron chi connectivity index (χ4n) is 2.86. The van der Waals surface area contributed by atoms with Gasteiger partial charge in [-0.25, -0.2) is 31.5 Å². The first-order valence-electron chi connectivity index (χ1n) is 9.74. The van der Waals surface area contributed by atoms with Crippen LogP contribution in [-0.2, 0) is 24.8 Å². The van der Waals surface area contributed by atoms with Crippen LogP contribution in [0.2, 0.25) is 0 Å². The molecule has 0 atom stereocenters. The van der Waals surface area contributed by atoms with Gasteiger partial charge in [0, 0.05) is 23.6 Å². The Morgan fingerprint density at radius 2 is 1.59 bits per heavy atom. The van der Waals surface area contributed by atoms with Crippen molar-refractivity contribution >= 4 is 49.1 Å². The molecule has 2 N–H and O–H groups in total. The number of Topliss-reactive ketones (excluding diaryl/α,β-unsaturated/α-hetero) is 1. The summed E-state index contributed by atoms with van der Waals surface area (Å²) in [6.45, 7) is 0.802. The zero-order chi connectivity index (χ0) is 24.9. The van der Waals surface area contributed by atoms with Crippen molar-refractivity contribution in [3.63, 3.8) is 0 Å². The van der Waals surface area contributed by atoms with Crippen LogP contribution in [0.3, 0.4) is 0 Å². The zero-order valence-corrected chi connectivity index (χ0v) is 19.8. The topological polar surface area (TPSA) is 156 Å². The minimum Gasteiger partial charge on any atom is -0.325 e. The second kappa shape index (κ2) is 9.97. The molecule has 0 spiro atoms. The minimum atomic E-state index is -3.95. The fourth-order valence-corrected chi connectivity index (χ4v) is 4.67. The van der Waals surface area contributed by atoms with Gasteiger partial charge < -0.3 is 5.32 Å². The summed E-state index contributed by atoms with van der Waals surface area (Å²) in [6.07, 6.45) is 3.73. The van der Waals surface area contributed by atoms with Crippen LogP contribution in [0.4, 0.5) is 17.3 Å². The molecule has 0 bridgehead atoms. The highest BCUT2D eigenvalue weighted by Crippen LogP contribution is 2.20. The molecule has 0 fully saturated rings. The van der Waals surface area contributed by atoms with Crippen molar-refractivity contribution in [3.8, 4) is 0 Å². The van der Waals surface area contributed by atoms with Gasteiger partial charge >= 0.3 is 0 Å². The van der Waals surface area contributed by atoms with Gasteiger partial charge in [0.05, 0.1) is 16.8 Å². The molecule has 0 aliphatic heterocycles. The van der Waals surface area contributed by atoms with Crippen molar-refractivity contribution in [1.29, 1.82) is 0 Å². The van der Waals surface area contributed by atoms with Crippen LogP contribution in [0.5, 0.6) is 0 Å². The molecular formula is C21H21N5O6S2. The van der Waals surface area contributed by atoms with E-state index in [4.69, 9.17) is 0 Å². The summed E-state index contributed by atoms with van der Waals surface area (Å²) in [7, 11) is -7.79. The highest BCUT2D eigenvalue weighted by atomic mass is 32.2. The number of aromatic nitrogens is 2. The van der Waals surface area contributed by atoms with Gasteiger partial charge in [-0.2, -0.15) is 0 Å². The molecule has 178 valence electrons. The first-order valence-corrected chi connectivity index (χ1v) is 13.1. The molecule has 0 aliphatic carbocycles. The molecule has 34 heavy (non-hydrogen) atoms. The van der Waals surface area contributed by atoms with Crippen molar-refractivity contribution < 1.29 is 26.4 Å². The van der Waals surface area contributed by atoms with Gasteiger partial charge in [0.15, 0.2) is 5.78 Å². The van der Waals surface area contributed by atoms with Crippen LogP contribution in [-0.4, -0.2) is 51.3 Å². The summed E-state index contributed by atoms with van der Waals surface area (Å²) < 4.78 is 52.6. The van der Waals surface area contributed by atoms with Gasteiger partial charge in [0.25, 0.3) is 10.0 Å². The minimum absolute atomic E-state index is 0.0863. The second-order valence-corrected chi connectivity index (χ2v) is 10.7. The smallest absolute Gasteiger partial charge is 0.264 e. The molecular weight excluding hydrogens is 482 g/mol. The Labute approximate surface area is 197 Å². The maximum absolute atomic E-state index is 12.6. The molecule has 0 aliphatic rings. The van der Waals surface area contributed by atoms with E-state index >= 15 is 0 Å². The number of carbonyl (C=O) groups excluding carboxylic acids is 2. The number of hydrogen-bond acceptors (Lipinski definition) is 8. The van der Waals surface area contributed by atoms with E-state index in [0.717, 1.165) is 10.6 Å². The molecule has 1 amide bonds. The summed E-state index contributed by atoms with van der Waals surface area (Å²) in [5, 5.41) is 2.53. The number of amides is 1. The van der Waals surface area contributed by atoms with E-state index in [2.05, 4.69) is 20.0 Å². The first-order chi connectivity index (χ1) is 16.0. The van der Waals surface area contributed by atoms with Crippen molar-refractivity contribution in [3.05, 3.63) is 72.6 Å². The lowest BCUT2D eigenvalue weighted by Gasteiger charge is -2.22. The average molecular weight is 504 g/mol. The molecule has 3 aromatic rings. The summed E-state index contributed by atoms with van der Waals surface area (Å²) in [6, 6.07) is 12.7. The highest BCUT2D eigenvalue weighted by molar-refractivity contribution is 7.92. The Morgan fingerprint density at radius 3 is 2.18 bits per heavy atom. The zero-order valence-electron chi connectivity index (χ0n) is 18.2. The molecule has 0 saturated carbocycles. The Kier molecular flexibility index (Phi) is 7.27. The fraction of sp³-hybridized carbons (Fsp3) is 0.143. The van der Waals surface area contributed by atoms with Crippen LogP contribution in [0, 0.1) is 0 Å². The van der Waals surface area contributed by atoms with Gasteiger partial charge in [0.1, 0.15) is 6.54 Å². The van der Waals surface area contributed by atoms with Crippen LogP contribution in [0.15, 0.2) is 71.9 Å². The van der Waals surface area contributed by atoms with Gasteiger partial charge in [-0.3, -0.25) is 13.9 Å². The van der Waals surface area contributed by atoms with Crippen LogP contribution < -0.4 is 14.3 Å². The van der Waals surface area contributed by atoms with E-state index in [0.29, 0.717) is 5.56 Å². The number of rotatable bonds is 9. The lowest BCUT2D eigenvalue weighted by Crippen LogP contribution is -2.37. The Hall–Kier alpha value is -3.84. The number of nitrogens with zero attached hydrogens (tertiary/aromatic N) is 3. The van der Waals surface area contributed by atoms with Gasteiger partial charge in [-0.05, 0) is 49.4 Å². The third-order valence-electron chi connectivity index (χ3n) is 4.47. The third-order valence-corrected chi connectivity index (χ3v) is 6.95. The largest absolute Gasteiger partial charge is 0.325 e. The maximum Gasteiger partial charge on any atom is 0.264 e. The van der Waals surface area contributed by atoms with E-state index in [1.165, 1.54) is 61.8 Å². The second-order valence-electron chi connectivity index (χ2n) is 7.13. The number of nitrogens with one attached hydrogen (secondary N) is 2. The molecule has 3 rings (SSSR count). The summed E-state index contributed by atoms with van der Waals surface area (Å²) >= 11 is 0. The Morgan fingerprint density at radius 1 is 0.941 bits per heavy atom. The molecule has 1 aromatic heterocycles. The molecule has 0 radical (unpaired) electrons. The predicted octanol–water partition coefficient (Wildman–Crippen LogP) is 1.88. The van der Waals surface area contributed by atoms with Crippen LogP contribution in [0.25, 0.3) is 0 Å². The van der Waals surface area contributed by atoms with E-state index in [-0.39, 0.29) is 28.0 Å². The monoisotopic (exact) mass is 503 g/mol. The molecule has 13 heteroatoms. The first kappa shape index (κ1) is 24.8. The SMILES string of the molecule is CC(=O)c1cccc(N(CC(=O)Nc2ccc(S(=O)(=O)Nc3ncccn3)cc2)S(C)(=O)=O)c1. The van der Waals surface area contributed by atoms with Crippen molar-refractivity contribution in [2.75, 3.05) is 27.1 Å². The highest BCUT2D eigenvalue weighted by Gasteiger charge is 2.22. The molecule has 1 heterocycles. The van der Waals surface area contributed by atoms with Gasteiger partial charge in [-0.15, -0.1) is 0 Å². The number of carbonyl (C=O) groups is 2. The molecule has 0 unspecified atom stereocenters. The summed E-state index contributed by atoms with van der Waals surface area (Å²) in [5.74, 6) is -0.997. The maximum atomic E-state index is 12.6. The standard InChI is InChI=1S/C21H21N5O6S2/c1-15(27)16-5-3-6-18(13-16)26(33(2,29)30)14-20(28)24-17-7-9-19(10-8-17)34(31,32)25-21-22-11-4-12-23-21/h3-13H,14H2,1-2H3,(H,24,28)(H,22,23,25). The van der Waals surface area contributed by atoms with Crippen LogP contribution in [0.1, 0.15) is 17.3 Å². The quantitative estimate of drug-likeness (QED) is 0.419. The number of sulfonamides is 2. The number of hydrogen-bond donors (Lipinski definition) is 2. The van der Waals surface area contributed by atoms with Crippen molar-refractivity contribution in [2.24, 2.45) is 0 Å². The third kappa shape index (κ3) is 6.36. The van der Waals surface area contributed by atoms with E-state index in [9.17, 15) is 26.4 Å². The number of ketones is 1. The van der Waals surface area contributed by atoms with Gasteiger partial charge in [0.2, 0.25) is 21.9 Å². The average Bonchev–Trinajstić information content (AvgIpc) is 2.77. The van der Waals surface area contributed by atoms with E-state index in [1.807, 2.05) is 0 Å². The number of anilines is 3. The van der Waals surface area contributed by atoms with Crippen LogP contribution >= 0.6 is 0 Å². The normalized spacial score (nSPS) is 11.5. The Bertz CT molecular complexity index is 1410. The molecule has 2 aromatic carbocycles. The molecule has 11 nitrogen and oxygen atoms in total. The van der Waals surface area contributed by atoms with Crippen molar-refractivity contribution in [1.82, 2.24) is 9.97 Å². The predicted molar refractivity (Wildman–Crippen MR) is 127 cm³/mol. The summed E-state index contributed by atoms with van der Waals surface area (Å²) in [5.41, 5.74) is 0.727. The van der Waals surface area contributed by atoms with E-state index in [1.54, 1.807) is 12.1 Å². The van der Waals surface area contributed by atoms with E-state index < -0.39 is 32.5 Å². The van der Waals surface area contributed by atoms with Gasteiger partial charge in [-0.1, -0.05) is 12.1 Å². The lowest BCUT2D eigenvalue weighted by atomic mass is 10.1. The summed E-state index contributed by atoms with van der Waals surface area (Å²) in [4.78, 5) is 31.7.